The first-order chi connectivity index (χ1) is 9.17. The standard InChI is InChI=1S/C14H18N2O3/c1-9(17)15-7-6-10-8-16-11-4-5-12(18-2)14(19-3)13(10)11/h4-5,8,16H,6-7H2,1-3H3,(H,15,17). The third kappa shape index (κ3) is 2.65. The number of rotatable bonds is 5. The Balaban J connectivity index is 2.36. The first-order valence-electron chi connectivity index (χ1n) is 6.12. The second-order valence-corrected chi connectivity index (χ2v) is 4.27. The summed E-state index contributed by atoms with van der Waals surface area (Å²) in [5.41, 5.74) is 2.09. The van der Waals surface area contributed by atoms with Crippen LogP contribution >= 0.6 is 0 Å². The van der Waals surface area contributed by atoms with Gasteiger partial charge in [0, 0.05) is 30.6 Å². The molecule has 0 radical (unpaired) electrons. The number of carbonyl (C=O) groups excluding carboxylic acids is 1. The molecule has 0 aliphatic carbocycles. The normalized spacial score (nSPS) is 10.5. The number of ether oxygens (including phenoxy) is 2. The number of nitrogens with one attached hydrogen (secondary N) is 2. The number of aromatic amines is 1. The largest absolute Gasteiger partial charge is 0.493 e. The van der Waals surface area contributed by atoms with Crippen LogP contribution in [0.5, 0.6) is 11.5 Å². The number of methoxy groups -OCH3 is 2. The van der Waals surface area contributed by atoms with Crippen LogP contribution in [0.4, 0.5) is 0 Å². The third-order valence-electron chi connectivity index (χ3n) is 3.04. The number of hydrogen-bond donors (Lipinski definition) is 2. The monoisotopic (exact) mass is 262 g/mol. The van der Waals surface area contributed by atoms with E-state index in [0.29, 0.717) is 12.3 Å². The van der Waals surface area contributed by atoms with Crippen molar-refractivity contribution in [3.8, 4) is 11.5 Å². The Kier molecular flexibility index (Phi) is 3.94. The summed E-state index contributed by atoms with van der Waals surface area (Å²) in [6.45, 7) is 2.11. The van der Waals surface area contributed by atoms with Crippen LogP contribution in [0.25, 0.3) is 10.9 Å². The van der Waals surface area contributed by atoms with E-state index in [0.717, 1.165) is 28.6 Å². The van der Waals surface area contributed by atoms with Gasteiger partial charge in [-0.1, -0.05) is 0 Å². The van der Waals surface area contributed by atoms with Gasteiger partial charge in [0.15, 0.2) is 11.5 Å². The van der Waals surface area contributed by atoms with Crippen LogP contribution in [0.3, 0.4) is 0 Å². The van der Waals surface area contributed by atoms with Gasteiger partial charge in [0.05, 0.1) is 14.2 Å². The van der Waals surface area contributed by atoms with Gasteiger partial charge in [0.2, 0.25) is 5.91 Å². The lowest BCUT2D eigenvalue weighted by Crippen LogP contribution is -2.22. The minimum atomic E-state index is -0.0237. The summed E-state index contributed by atoms with van der Waals surface area (Å²) in [5, 5.41) is 3.80. The van der Waals surface area contributed by atoms with E-state index >= 15 is 0 Å². The second kappa shape index (κ2) is 5.65. The lowest BCUT2D eigenvalue weighted by Gasteiger charge is -2.10. The molecule has 1 aromatic carbocycles. The molecule has 0 saturated carbocycles. The predicted molar refractivity (Wildman–Crippen MR) is 73.8 cm³/mol. The molecule has 102 valence electrons. The average molecular weight is 262 g/mol. The van der Waals surface area contributed by atoms with Gasteiger partial charge in [-0.05, 0) is 24.1 Å². The van der Waals surface area contributed by atoms with E-state index in [1.54, 1.807) is 14.2 Å². The van der Waals surface area contributed by atoms with Crippen molar-refractivity contribution in [1.82, 2.24) is 10.3 Å². The highest BCUT2D eigenvalue weighted by Crippen LogP contribution is 2.37. The van der Waals surface area contributed by atoms with Crippen LogP contribution in [0, 0.1) is 0 Å². The zero-order valence-electron chi connectivity index (χ0n) is 11.4. The van der Waals surface area contributed by atoms with Gasteiger partial charge in [-0.2, -0.15) is 0 Å². The summed E-state index contributed by atoms with van der Waals surface area (Å²) in [6, 6.07) is 3.83. The van der Waals surface area contributed by atoms with E-state index < -0.39 is 0 Å². The highest BCUT2D eigenvalue weighted by atomic mass is 16.5. The van der Waals surface area contributed by atoms with E-state index in [1.165, 1.54) is 6.92 Å². The molecule has 5 nitrogen and oxygen atoms in total. The molecule has 2 rings (SSSR count). The van der Waals surface area contributed by atoms with Crippen LogP contribution < -0.4 is 14.8 Å². The highest BCUT2D eigenvalue weighted by Gasteiger charge is 2.14. The number of benzene rings is 1. The Bertz CT molecular complexity index is 590. The molecule has 2 aromatic rings. The summed E-state index contributed by atoms with van der Waals surface area (Å²) in [4.78, 5) is 14.1. The van der Waals surface area contributed by atoms with E-state index in [9.17, 15) is 4.79 Å². The third-order valence-corrected chi connectivity index (χ3v) is 3.04. The van der Waals surface area contributed by atoms with Gasteiger partial charge >= 0.3 is 0 Å². The summed E-state index contributed by atoms with van der Waals surface area (Å²) in [7, 11) is 3.25. The summed E-state index contributed by atoms with van der Waals surface area (Å²) in [6.07, 6.45) is 2.68. The number of aromatic nitrogens is 1. The zero-order chi connectivity index (χ0) is 13.8. The van der Waals surface area contributed by atoms with E-state index in [2.05, 4.69) is 10.3 Å². The van der Waals surface area contributed by atoms with Gasteiger partial charge < -0.3 is 19.8 Å². The maximum Gasteiger partial charge on any atom is 0.216 e. The fourth-order valence-electron chi connectivity index (χ4n) is 2.17. The second-order valence-electron chi connectivity index (χ2n) is 4.27. The van der Waals surface area contributed by atoms with Gasteiger partial charge in [0.1, 0.15) is 0 Å². The van der Waals surface area contributed by atoms with Crippen molar-refractivity contribution in [2.24, 2.45) is 0 Å². The maximum atomic E-state index is 10.9. The molecule has 0 aliphatic rings. The quantitative estimate of drug-likeness (QED) is 0.864. The van der Waals surface area contributed by atoms with Crippen molar-refractivity contribution in [2.75, 3.05) is 20.8 Å². The fourth-order valence-corrected chi connectivity index (χ4v) is 2.17. The molecule has 0 spiro atoms. The number of fused-ring (bicyclic) bond motifs is 1. The van der Waals surface area contributed by atoms with Gasteiger partial charge in [-0.25, -0.2) is 0 Å². The fraction of sp³-hybridized carbons (Fsp3) is 0.357. The first-order valence-corrected chi connectivity index (χ1v) is 6.12. The van der Waals surface area contributed by atoms with Crippen LogP contribution in [-0.4, -0.2) is 31.7 Å². The van der Waals surface area contributed by atoms with Crippen molar-refractivity contribution in [3.05, 3.63) is 23.9 Å². The predicted octanol–water partition coefficient (Wildman–Crippen LogP) is 1.86. The molecule has 0 aliphatic heterocycles. The van der Waals surface area contributed by atoms with Crippen molar-refractivity contribution in [1.29, 1.82) is 0 Å². The SMILES string of the molecule is COc1ccc2[nH]cc(CCNC(C)=O)c2c1OC. The van der Waals surface area contributed by atoms with Crippen molar-refractivity contribution in [3.63, 3.8) is 0 Å². The molecule has 19 heavy (non-hydrogen) atoms. The van der Waals surface area contributed by atoms with Gasteiger partial charge in [-0.3, -0.25) is 4.79 Å². The molecule has 0 atom stereocenters. The highest BCUT2D eigenvalue weighted by molar-refractivity contribution is 5.91. The Labute approximate surface area is 111 Å². The van der Waals surface area contributed by atoms with Crippen molar-refractivity contribution < 1.29 is 14.3 Å². The molecule has 0 saturated heterocycles. The Morgan fingerprint density at radius 2 is 2.11 bits per heavy atom. The maximum absolute atomic E-state index is 10.9. The number of hydrogen-bond acceptors (Lipinski definition) is 3. The van der Waals surface area contributed by atoms with Crippen LogP contribution in [0.2, 0.25) is 0 Å². The molecule has 5 heteroatoms. The molecule has 0 bridgehead atoms. The Morgan fingerprint density at radius 1 is 1.32 bits per heavy atom. The average Bonchev–Trinajstić information content (AvgIpc) is 2.80. The number of amides is 1. The van der Waals surface area contributed by atoms with Crippen molar-refractivity contribution in [2.45, 2.75) is 13.3 Å². The lowest BCUT2D eigenvalue weighted by atomic mass is 10.1. The molecule has 1 amide bonds. The van der Waals surface area contributed by atoms with Crippen LogP contribution in [0.1, 0.15) is 12.5 Å². The molecule has 2 N–H and O–H groups in total. The van der Waals surface area contributed by atoms with Gasteiger partial charge in [-0.15, -0.1) is 0 Å². The topological polar surface area (TPSA) is 63.3 Å². The Morgan fingerprint density at radius 3 is 2.74 bits per heavy atom. The summed E-state index contributed by atoms with van der Waals surface area (Å²) >= 11 is 0. The summed E-state index contributed by atoms with van der Waals surface area (Å²) in [5.74, 6) is 1.40. The molecular formula is C14H18N2O3. The molecular weight excluding hydrogens is 244 g/mol. The van der Waals surface area contributed by atoms with E-state index in [-0.39, 0.29) is 5.91 Å². The number of carbonyl (C=O) groups is 1. The molecule has 0 unspecified atom stereocenters. The Hall–Kier alpha value is -2.17. The lowest BCUT2D eigenvalue weighted by molar-refractivity contribution is -0.118. The molecule has 1 heterocycles. The summed E-state index contributed by atoms with van der Waals surface area (Å²) < 4.78 is 10.7. The minimum Gasteiger partial charge on any atom is -0.493 e. The van der Waals surface area contributed by atoms with Crippen molar-refractivity contribution >= 4 is 16.8 Å². The smallest absolute Gasteiger partial charge is 0.216 e. The molecule has 0 fully saturated rings. The van der Waals surface area contributed by atoms with Gasteiger partial charge in [0.25, 0.3) is 0 Å². The van der Waals surface area contributed by atoms with E-state index in [1.807, 2.05) is 18.3 Å². The van der Waals surface area contributed by atoms with E-state index in [4.69, 9.17) is 9.47 Å². The zero-order valence-corrected chi connectivity index (χ0v) is 11.4. The number of H-pyrrole nitrogens is 1. The first kappa shape index (κ1) is 13.3. The molecule has 1 aromatic heterocycles. The minimum absolute atomic E-state index is 0.0237. The van der Waals surface area contributed by atoms with Crippen LogP contribution in [0.15, 0.2) is 18.3 Å². The van der Waals surface area contributed by atoms with Crippen LogP contribution in [-0.2, 0) is 11.2 Å².